The lowest BCUT2D eigenvalue weighted by Crippen LogP contribution is -1.86. The zero-order valence-corrected chi connectivity index (χ0v) is 8.50. The van der Waals surface area contributed by atoms with E-state index in [1.165, 1.54) is 5.56 Å². The summed E-state index contributed by atoms with van der Waals surface area (Å²) in [7, 11) is 0. The number of anilines is 1. The van der Waals surface area contributed by atoms with Gasteiger partial charge < -0.3 is 10.7 Å². The molecule has 0 bridgehead atoms. The first-order valence-corrected chi connectivity index (χ1v) is 5.11. The van der Waals surface area contributed by atoms with Gasteiger partial charge in [-0.15, -0.1) is 0 Å². The minimum absolute atomic E-state index is 0.716. The van der Waals surface area contributed by atoms with Crippen LogP contribution in [0.2, 0.25) is 0 Å². The maximum atomic E-state index is 5.63. The third-order valence-corrected chi connectivity index (χ3v) is 2.60. The first kappa shape index (κ1) is 7.85. The van der Waals surface area contributed by atoms with Crippen LogP contribution in [-0.4, -0.2) is 9.97 Å². The Kier molecular flexibility index (Phi) is 1.92. The van der Waals surface area contributed by atoms with Crippen molar-refractivity contribution in [2.75, 3.05) is 5.73 Å². The van der Waals surface area contributed by atoms with Crippen molar-refractivity contribution in [3.05, 3.63) is 24.0 Å². The molecule has 3 nitrogen and oxygen atoms in total. The van der Waals surface area contributed by atoms with Crippen molar-refractivity contribution in [3.8, 4) is 0 Å². The van der Waals surface area contributed by atoms with Gasteiger partial charge in [0.25, 0.3) is 0 Å². The Morgan fingerprint density at radius 3 is 3.17 bits per heavy atom. The van der Waals surface area contributed by atoms with Crippen LogP contribution in [0, 0.1) is 0 Å². The second-order valence-electron chi connectivity index (χ2n) is 2.61. The average Bonchev–Trinajstić information content (AvgIpc) is 2.46. The van der Waals surface area contributed by atoms with Crippen molar-refractivity contribution in [1.29, 1.82) is 0 Å². The fourth-order valence-electron chi connectivity index (χ4n) is 1.18. The van der Waals surface area contributed by atoms with Crippen LogP contribution in [0.5, 0.6) is 0 Å². The molecule has 0 fully saturated rings. The van der Waals surface area contributed by atoms with Crippen LogP contribution in [0.1, 0.15) is 5.56 Å². The maximum absolute atomic E-state index is 5.63. The van der Waals surface area contributed by atoms with E-state index in [9.17, 15) is 0 Å². The van der Waals surface area contributed by atoms with Gasteiger partial charge in [-0.05, 0) is 11.6 Å². The molecular formula is C8H8IN3. The lowest BCUT2D eigenvalue weighted by Gasteiger charge is -1.93. The Hall–Kier alpha value is -0.780. The van der Waals surface area contributed by atoms with Crippen LogP contribution in [0.4, 0.5) is 5.69 Å². The molecule has 3 N–H and O–H groups in total. The van der Waals surface area contributed by atoms with E-state index in [0.29, 0.717) is 5.69 Å². The van der Waals surface area contributed by atoms with Crippen molar-refractivity contribution in [1.82, 2.24) is 9.97 Å². The number of pyridine rings is 1. The third-order valence-electron chi connectivity index (χ3n) is 1.78. The number of alkyl halides is 1. The number of H-pyrrole nitrogens is 1. The van der Waals surface area contributed by atoms with Crippen molar-refractivity contribution in [2.45, 2.75) is 4.43 Å². The molecule has 2 rings (SSSR count). The smallest absolute Gasteiger partial charge is 0.137 e. The number of halogens is 1. The lowest BCUT2D eigenvalue weighted by molar-refractivity contribution is 1.32. The van der Waals surface area contributed by atoms with E-state index in [1.807, 2.05) is 12.3 Å². The predicted octanol–water partition coefficient (Wildman–Crippen LogP) is 2.08. The van der Waals surface area contributed by atoms with Crippen LogP contribution in [0.25, 0.3) is 11.0 Å². The molecule has 0 saturated heterocycles. The molecule has 2 aromatic heterocycles. The minimum Gasteiger partial charge on any atom is -0.397 e. The van der Waals surface area contributed by atoms with E-state index >= 15 is 0 Å². The quantitative estimate of drug-likeness (QED) is 0.617. The van der Waals surface area contributed by atoms with E-state index in [1.54, 1.807) is 6.20 Å². The fourth-order valence-corrected chi connectivity index (χ4v) is 1.82. The normalized spacial score (nSPS) is 10.8. The summed E-state index contributed by atoms with van der Waals surface area (Å²) in [4.78, 5) is 7.26. The molecule has 4 heteroatoms. The molecular weight excluding hydrogens is 265 g/mol. The minimum atomic E-state index is 0.716. The molecule has 12 heavy (non-hydrogen) atoms. The molecule has 0 aliphatic heterocycles. The first-order chi connectivity index (χ1) is 5.81. The average molecular weight is 273 g/mol. The van der Waals surface area contributed by atoms with E-state index in [4.69, 9.17) is 5.73 Å². The Balaban J connectivity index is 2.75. The standard InChI is InChI=1S/C8H8IN3/c9-2-5-3-11-8-7(5)1-6(10)4-12-8/h1,3-4H,2,10H2,(H,11,12). The number of fused-ring (bicyclic) bond motifs is 1. The third kappa shape index (κ3) is 1.16. The molecule has 62 valence electrons. The summed E-state index contributed by atoms with van der Waals surface area (Å²) >= 11 is 2.32. The van der Waals surface area contributed by atoms with E-state index < -0.39 is 0 Å². The number of nitrogens with zero attached hydrogens (tertiary/aromatic N) is 1. The Morgan fingerprint density at radius 2 is 2.42 bits per heavy atom. The molecule has 0 unspecified atom stereocenters. The zero-order valence-electron chi connectivity index (χ0n) is 6.34. The summed E-state index contributed by atoms with van der Waals surface area (Å²) in [6, 6.07) is 1.95. The van der Waals surface area contributed by atoms with Gasteiger partial charge in [-0.3, -0.25) is 0 Å². The van der Waals surface area contributed by atoms with Gasteiger partial charge in [-0.1, -0.05) is 22.6 Å². The first-order valence-electron chi connectivity index (χ1n) is 3.58. The molecule has 2 aromatic rings. The number of aromatic amines is 1. The van der Waals surface area contributed by atoms with Gasteiger partial charge in [0.1, 0.15) is 5.65 Å². The van der Waals surface area contributed by atoms with Crippen LogP contribution in [0.15, 0.2) is 18.5 Å². The number of nitrogen functional groups attached to an aromatic ring is 1. The van der Waals surface area contributed by atoms with Crippen LogP contribution < -0.4 is 5.73 Å². The van der Waals surface area contributed by atoms with Crippen LogP contribution in [0.3, 0.4) is 0 Å². The highest BCUT2D eigenvalue weighted by molar-refractivity contribution is 14.1. The highest BCUT2D eigenvalue weighted by atomic mass is 127. The summed E-state index contributed by atoms with van der Waals surface area (Å²) in [6.45, 7) is 0. The summed E-state index contributed by atoms with van der Waals surface area (Å²) in [5, 5.41) is 1.13. The number of hydrogen-bond acceptors (Lipinski definition) is 2. The molecule has 0 spiro atoms. The maximum Gasteiger partial charge on any atom is 0.137 e. The number of nitrogens with two attached hydrogens (primary N) is 1. The van der Waals surface area contributed by atoms with Gasteiger partial charge in [0, 0.05) is 16.0 Å². The van der Waals surface area contributed by atoms with Crippen molar-refractivity contribution < 1.29 is 0 Å². The monoisotopic (exact) mass is 273 g/mol. The highest BCUT2D eigenvalue weighted by Crippen LogP contribution is 2.20. The highest BCUT2D eigenvalue weighted by Gasteiger charge is 2.02. The van der Waals surface area contributed by atoms with Crippen LogP contribution in [-0.2, 0) is 4.43 Å². The Labute approximate surface area is 83.5 Å². The molecule has 0 aliphatic rings. The number of aromatic nitrogens is 2. The fraction of sp³-hybridized carbons (Fsp3) is 0.125. The van der Waals surface area contributed by atoms with Crippen molar-refractivity contribution in [2.24, 2.45) is 0 Å². The van der Waals surface area contributed by atoms with Gasteiger partial charge in [0.05, 0.1) is 11.9 Å². The number of rotatable bonds is 1. The van der Waals surface area contributed by atoms with Gasteiger partial charge >= 0.3 is 0 Å². The lowest BCUT2D eigenvalue weighted by atomic mass is 10.2. The number of hydrogen-bond donors (Lipinski definition) is 2. The molecule has 0 saturated carbocycles. The summed E-state index contributed by atoms with van der Waals surface area (Å²) in [5.41, 5.74) is 8.51. The van der Waals surface area contributed by atoms with E-state index in [-0.39, 0.29) is 0 Å². The molecule has 0 amide bonds. The summed E-state index contributed by atoms with van der Waals surface area (Å²) in [6.07, 6.45) is 3.64. The van der Waals surface area contributed by atoms with Crippen molar-refractivity contribution >= 4 is 39.3 Å². The topological polar surface area (TPSA) is 54.7 Å². The molecule has 2 heterocycles. The van der Waals surface area contributed by atoms with Gasteiger partial charge in [-0.25, -0.2) is 4.98 Å². The van der Waals surface area contributed by atoms with Gasteiger partial charge in [0.2, 0.25) is 0 Å². The van der Waals surface area contributed by atoms with Crippen LogP contribution >= 0.6 is 22.6 Å². The largest absolute Gasteiger partial charge is 0.397 e. The molecule has 0 radical (unpaired) electrons. The summed E-state index contributed by atoms with van der Waals surface area (Å²) < 4.78 is 0.975. The number of nitrogens with one attached hydrogen (secondary N) is 1. The summed E-state index contributed by atoms with van der Waals surface area (Å²) in [5.74, 6) is 0. The molecule has 0 aromatic carbocycles. The van der Waals surface area contributed by atoms with Gasteiger partial charge in [-0.2, -0.15) is 0 Å². The molecule has 0 atom stereocenters. The molecule has 0 aliphatic carbocycles. The SMILES string of the molecule is Nc1cnc2[nH]cc(CI)c2c1. The van der Waals surface area contributed by atoms with Crippen molar-refractivity contribution in [3.63, 3.8) is 0 Å². The zero-order chi connectivity index (χ0) is 8.55. The second-order valence-corrected chi connectivity index (χ2v) is 3.38. The predicted molar refractivity (Wildman–Crippen MR) is 58.2 cm³/mol. The Morgan fingerprint density at radius 1 is 1.58 bits per heavy atom. The Bertz CT molecular complexity index is 408. The van der Waals surface area contributed by atoms with Gasteiger partial charge in [0.15, 0.2) is 0 Å². The second kappa shape index (κ2) is 2.93. The van der Waals surface area contributed by atoms with E-state index in [0.717, 1.165) is 15.5 Å². The van der Waals surface area contributed by atoms with E-state index in [2.05, 4.69) is 32.6 Å².